The smallest absolute Gasteiger partial charge is 0.319 e. The zero-order valence-electron chi connectivity index (χ0n) is 17.7. The summed E-state index contributed by atoms with van der Waals surface area (Å²) >= 11 is 6.31. The van der Waals surface area contributed by atoms with Crippen LogP contribution in [0.25, 0.3) is 0 Å². The molecule has 0 amide bonds. The topological polar surface area (TPSA) is 80.4 Å². The molecule has 3 heterocycles. The van der Waals surface area contributed by atoms with Gasteiger partial charge in [-0.15, -0.1) is 0 Å². The Morgan fingerprint density at radius 1 is 1.41 bits per heavy atom. The van der Waals surface area contributed by atoms with Crippen molar-refractivity contribution in [1.82, 2.24) is 19.9 Å². The number of nitrogens with zero attached hydrogens (tertiary/aromatic N) is 5. The van der Waals surface area contributed by atoms with Crippen molar-refractivity contribution in [3.05, 3.63) is 35.1 Å². The number of halogens is 1. The Morgan fingerprint density at radius 2 is 2.21 bits per heavy atom. The number of aromatic nitrogens is 3. The lowest BCUT2D eigenvalue weighted by Gasteiger charge is -2.38. The summed E-state index contributed by atoms with van der Waals surface area (Å²) in [7, 11) is 2.15. The number of nitrogens with two attached hydrogens (primary N) is 1. The molecule has 29 heavy (non-hydrogen) atoms. The molecule has 1 saturated heterocycles. The third-order valence-electron chi connectivity index (χ3n) is 5.61. The first-order valence-corrected chi connectivity index (χ1v) is 10.5. The number of piperidine rings is 1. The molecule has 2 N–H and O–H groups in total. The van der Waals surface area contributed by atoms with Gasteiger partial charge < -0.3 is 20.3 Å². The Morgan fingerprint density at radius 3 is 2.90 bits per heavy atom. The summed E-state index contributed by atoms with van der Waals surface area (Å²) in [5.41, 5.74) is 7.12. The van der Waals surface area contributed by atoms with Crippen molar-refractivity contribution in [2.75, 3.05) is 43.9 Å². The lowest BCUT2D eigenvalue weighted by Crippen LogP contribution is -2.42. The predicted molar refractivity (Wildman–Crippen MR) is 117 cm³/mol. The van der Waals surface area contributed by atoms with Gasteiger partial charge in [0.15, 0.2) is 0 Å². The standard InChI is InChI=1S/C21H31ClN6O/c1-5-28(15(2)16-8-6-10-24-19(16)23)18-12-17(22)25-20(26-18)29-14-21(3)9-7-11-27(4)13-21/h6,8,10,12,15H,5,7,9,11,13-14H2,1-4H3,(H2,23,24)/t15-,21?/m1/s1. The van der Waals surface area contributed by atoms with Crippen molar-refractivity contribution >= 4 is 23.2 Å². The van der Waals surface area contributed by atoms with E-state index in [1.54, 1.807) is 12.3 Å². The molecule has 0 saturated carbocycles. The van der Waals surface area contributed by atoms with Gasteiger partial charge in [-0.1, -0.05) is 24.6 Å². The van der Waals surface area contributed by atoms with Crippen molar-refractivity contribution in [2.24, 2.45) is 5.41 Å². The minimum absolute atomic E-state index is 0.0166. The summed E-state index contributed by atoms with van der Waals surface area (Å²) in [6, 6.07) is 5.93. The summed E-state index contributed by atoms with van der Waals surface area (Å²) in [6.45, 7) is 9.82. The van der Waals surface area contributed by atoms with E-state index in [0.29, 0.717) is 29.4 Å². The minimum atomic E-state index is -0.0166. The monoisotopic (exact) mass is 418 g/mol. The molecule has 0 aliphatic carbocycles. The van der Waals surface area contributed by atoms with Gasteiger partial charge in [-0.2, -0.15) is 9.97 Å². The third kappa shape index (κ3) is 5.28. The highest BCUT2D eigenvalue weighted by Gasteiger charge is 2.31. The van der Waals surface area contributed by atoms with Gasteiger partial charge in [-0.05, 0) is 46.3 Å². The first-order valence-electron chi connectivity index (χ1n) is 10.1. The molecule has 0 bridgehead atoms. The van der Waals surface area contributed by atoms with Gasteiger partial charge in [0.2, 0.25) is 0 Å². The second-order valence-electron chi connectivity index (χ2n) is 8.21. The van der Waals surface area contributed by atoms with Crippen molar-refractivity contribution in [1.29, 1.82) is 0 Å². The molecule has 0 radical (unpaired) electrons. The SMILES string of the molecule is CCN(c1cc(Cl)nc(OCC2(C)CCCN(C)C2)n1)[C@H](C)c1cccnc1N. The van der Waals surface area contributed by atoms with Crippen LogP contribution in [0.1, 0.15) is 45.2 Å². The van der Waals surface area contributed by atoms with E-state index in [2.05, 4.69) is 52.6 Å². The van der Waals surface area contributed by atoms with Crippen LogP contribution in [0.3, 0.4) is 0 Å². The van der Waals surface area contributed by atoms with Crippen LogP contribution >= 0.6 is 11.6 Å². The summed E-state index contributed by atoms with van der Waals surface area (Å²) in [4.78, 5) is 17.6. The summed E-state index contributed by atoms with van der Waals surface area (Å²) < 4.78 is 6.03. The van der Waals surface area contributed by atoms with E-state index in [1.807, 2.05) is 12.1 Å². The molecule has 7 nitrogen and oxygen atoms in total. The van der Waals surface area contributed by atoms with E-state index in [4.69, 9.17) is 22.1 Å². The summed E-state index contributed by atoms with van der Waals surface area (Å²) in [5.74, 6) is 1.23. The fourth-order valence-electron chi connectivity index (χ4n) is 4.12. The normalized spacial score (nSPS) is 21.0. The number of pyridine rings is 1. The molecule has 1 aliphatic rings. The quantitative estimate of drug-likeness (QED) is 0.684. The van der Waals surface area contributed by atoms with Crippen LogP contribution in [0.2, 0.25) is 5.15 Å². The lowest BCUT2D eigenvalue weighted by molar-refractivity contribution is 0.0659. The largest absolute Gasteiger partial charge is 0.463 e. The zero-order valence-corrected chi connectivity index (χ0v) is 18.5. The Labute approximate surface area is 178 Å². The van der Waals surface area contributed by atoms with Gasteiger partial charge in [0, 0.05) is 36.3 Å². The molecule has 1 aliphatic heterocycles. The number of hydrogen-bond acceptors (Lipinski definition) is 7. The predicted octanol–water partition coefficient (Wildman–Crippen LogP) is 3.81. The molecule has 0 spiro atoms. The molecule has 2 aromatic rings. The van der Waals surface area contributed by atoms with Crippen LogP contribution in [0.4, 0.5) is 11.6 Å². The molecule has 2 atom stereocenters. The Bertz CT molecular complexity index is 835. The molecule has 2 aromatic heterocycles. The Hall–Kier alpha value is -2.12. The Kier molecular flexibility index (Phi) is 6.80. The van der Waals surface area contributed by atoms with Gasteiger partial charge in [-0.3, -0.25) is 0 Å². The van der Waals surface area contributed by atoms with E-state index >= 15 is 0 Å². The van der Waals surface area contributed by atoms with Gasteiger partial charge in [0.1, 0.15) is 16.8 Å². The highest BCUT2D eigenvalue weighted by atomic mass is 35.5. The fraction of sp³-hybridized carbons (Fsp3) is 0.571. The molecular weight excluding hydrogens is 388 g/mol. The second kappa shape index (κ2) is 9.13. The van der Waals surface area contributed by atoms with Crippen LogP contribution < -0.4 is 15.4 Å². The van der Waals surface area contributed by atoms with E-state index < -0.39 is 0 Å². The minimum Gasteiger partial charge on any atom is -0.463 e. The van der Waals surface area contributed by atoms with Crippen LogP contribution in [0.5, 0.6) is 6.01 Å². The molecule has 158 valence electrons. The van der Waals surface area contributed by atoms with Crippen LogP contribution in [0.15, 0.2) is 24.4 Å². The zero-order chi connectivity index (χ0) is 21.0. The lowest BCUT2D eigenvalue weighted by atomic mass is 9.83. The summed E-state index contributed by atoms with van der Waals surface area (Å²) in [5, 5.41) is 0.362. The van der Waals surface area contributed by atoms with Crippen LogP contribution in [-0.4, -0.2) is 53.1 Å². The first kappa shape index (κ1) is 21.6. The highest BCUT2D eigenvalue weighted by molar-refractivity contribution is 6.29. The molecule has 1 fully saturated rings. The molecule has 1 unspecified atom stereocenters. The van der Waals surface area contributed by atoms with E-state index in [1.165, 1.54) is 6.42 Å². The van der Waals surface area contributed by atoms with Gasteiger partial charge >= 0.3 is 6.01 Å². The van der Waals surface area contributed by atoms with Gasteiger partial charge in [0.25, 0.3) is 0 Å². The average Bonchev–Trinajstić information content (AvgIpc) is 2.67. The first-order chi connectivity index (χ1) is 13.8. The number of anilines is 2. The van der Waals surface area contributed by atoms with Crippen LogP contribution in [0, 0.1) is 5.41 Å². The van der Waals surface area contributed by atoms with E-state index in [-0.39, 0.29) is 11.5 Å². The van der Waals surface area contributed by atoms with Gasteiger partial charge in [0.05, 0.1) is 12.6 Å². The molecule has 3 rings (SSSR count). The van der Waals surface area contributed by atoms with Crippen LogP contribution in [-0.2, 0) is 0 Å². The van der Waals surface area contributed by atoms with E-state index in [9.17, 15) is 0 Å². The number of hydrogen-bond donors (Lipinski definition) is 1. The van der Waals surface area contributed by atoms with Crippen molar-refractivity contribution in [3.8, 4) is 6.01 Å². The Balaban J connectivity index is 1.79. The summed E-state index contributed by atoms with van der Waals surface area (Å²) in [6.07, 6.45) is 3.99. The molecular formula is C21H31ClN6O. The average molecular weight is 419 g/mol. The number of rotatable bonds is 7. The third-order valence-corrected chi connectivity index (χ3v) is 5.80. The second-order valence-corrected chi connectivity index (χ2v) is 8.60. The van der Waals surface area contributed by atoms with E-state index in [0.717, 1.165) is 31.6 Å². The number of ether oxygens (including phenoxy) is 1. The maximum absolute atomic E-state index is 6.31. The number of nitrogen functional groups attached to an aromatic ring is 1. The van der Waals surface area contributed by atoms with Crippen molar-refractivity contribution in [2.45, 2.75) is 39.7 Å². The molecule has 8 heteroatoms. The van der Waals surface area contributed by atoms with Gasteiger partial charge in [-0.25, -0.2) is 4.98 Å². The maximum atomic E-state index is 6.31. The van der Waals surface area contributed by atoms with Crippen molar-refractivity contribution < 1.29 is 4.74 Å². The number of likely N-dealkylation sites (tertiary alicyclic amines) is 1. The maximum Gasteiger partial charge on any atom is 0.319 e. The fourth-order valence-corrected chi connectivity index (χ4v) is 4.29. The highest BCUT2D eigenvalue weighted by Crippen LogP contribution is 2.32. The molecule has 0 aromatic carbocycles. The van der Waals surface area contributed by atoms with Crippen molar-refractivity contribution in [3.63, 3.8) is 0 Å².